The van der Waals surface area contributed by atoms with Crippen molar-refractivity contribution in [3.05, 3.63) is 119 Å². The lowest BCUT2D eigenvalue weighted by molar-refractivity contribution is 0.415. The minimum absolute atomic E-state index is 0.287. The third kappa shape index (κ3) is 1.87. The number of phenols is 1. The van der Waals surface area contributed by atoms with Gasteiger partial charge in [0.25, 0.3) is 0 Å². The molecule has 1 N–H and O–H groups in total. The fraction of sp³-hybridized carbons (Fsp3) is 0.0625. The molecule has 34 heavy (non-hydrogen) atoms. The Morgan fingerprint density at radius 1 is 0.618 bits per heavy atom. The average molecular weight is 437 g/mol. The van der Waals surface area contributed by atoms with Crippen LogP contribution >= 0.6 is 0 Å². The van der Waals surface area contributed by atoms with E-state index in [1.165, 1.54) is 49.4 Å². The lowest BCUT2D eigenvalue weighted by Gasteiger charge is -2.31. The molecule has 0 atom stereocenters. The van der Waals surface area contributed by atoms with Crippen LogP contribution in [-0.4, -0.2) is 12.2 Å². The van der Waals surface area contributed by atoms with Crippen molar-refractivity contribution in [2.24, 2.45) is 0 Å². The molecule has 160 valence electrons. The molecule has 6 aromatic carbocycles. The lowest BCUT2D eigenvalue weighted by atomic mass is 9.70. The zero-order chi connectivity index (χ0) is 22.6. The van der Waals surface area contributed by atoms with Gasteiger partial charge in [-0.15, -0.1) is 0 Å². The van der Waals surface area contributed by atoms with Gasteiger partial charge >= 0.3 is 0 Å². The van der Waals surface area contributed by atoms with Crippen molar-refractivity contribution >= 4 is 32.3 Å². The standard InChI is InChI=1S/C32H20O2/c1-34-20-14-15-21-23(16-20)28(33)17-27-31(21)22-8-2-3-9-24(22)32(27)25-10-4-6-18-12-13-19-7-5-11-26(32)30(19)29(18)25/h2-17,33H,1H3. The first-order valence-electron chi connectivity index (χ1n) is 11.6. The zero-order valence-electron chi connectivity index (χ0n) is 18.6. The molecule has 0 aromatic heterocycles. The number of fused-ring (bicyclic) bond motifs is 9. The Morgan fingerprint density at radius 2 is 1.29 bits per heavy atom. The molecule has 2 heteroatoms. The van der Waals surface area contributed by atoms with Crippen molar-refractivity contribution in [2.45, 2.75) is 5.41 Å². The monoisotopic (exact) mass is 436 g/mol. The molecule has 0 aliphatic heterocycles. The molecule has 2 nitrogen and oxygen atoms in total. The normalized spacial score (nSPS) is 14.4. The molecule has 0 saturated carbocycles. The molecule has 0 fully saturated rings. The number of ether oxygens (including phenoxy) is 1. The molecular weight excluding hydrogens is 416 g/mol. The summed E-state index contributed by atoms with van der Waals surface area (Å²) in [6.07, 6.45) is 0. The van der Waals surface area contributed by atoms with Crippen molar-refractivity contribution < 1.29 is 9.84 Å². The molecule has 6 aromatic rings. The number of hydrogen-bond donors (Lipinski definition) is 1. The van der Waals surface area contributed by atoms with E-state index in [9.17, 15) is 5.11 Å². The van der Waals surface area contributed by atoms with Gasteiger partial charge in [0.1, 0.15) is 11.5 Å². The van der Waals surface area contributed by atoms with Gasteiger partial charge in [-0.1, -0.05) is 72.8 Å². The molecule has 0 saturated heterocycles. The van der Waals surface area contributed by atoms with E-state index in [2.05, 4.69) is 78.9 Å². The Labute approximate surface area is 196 Å². The highest BCUT2D eigenvalue weighted by atomic mass is 16.5. The first-order chi connectivity index (χ1) is 16.7. The van der Waals surface area contributed by atoms with E-state index in [1.54, 1.807) is 7.11 Å². The average Bonchev–Trinajstić information content (AvgIpc) is 3.35. The summed E-state index contributed by atoms with van der Waals surface area (Å²) >= 11 is 0. The third-order valence-electron chi connectivity index (χ3n) is 8.02. The van der Waals surface area contributed by atoms with Crippen LogP contribution in [0.3, 0.4) is 0 Å². The predicted molar refractivity (Wildman–Crippen MR) is 138 cm³/mol. The number of methoxy groups -OCH3 is 1. The smallest absolute Gasteiger partial charge is 0.123 e. The number of benzene rings is 6. The van der Waals surface area contributed by atoms with Gasteiger partial charge in [-0.05, 0) is 84.6 Å². The van der Waals surface area contributed by atoms with Crippen molar-refractivity contribution in [1.29, 1.82) is 0 Å². The molecule has 2 aliphatic rings. The van der Waals surface area contributed by atoms with E-state index < -0.39 is 5.41 Å². The first kappa shape index (κ1) is 18.2. The van der Waals surface area contributed by atoms with Crippen LogP contribution < -0.4 is 4.74 Å². The van der Waals surface area contributed by atoms with Gasteiger partial charge in [-0.3, -0.25) is 0 Å². The zero-order valence-corrected chi connectivity index (χ0v) is 18.6. The molecule has 2 aliphatic carbocycles. The van der Waals surface area contributed by atoms with Crippen LogP contribution in [0.5, 0.6) is 11.5 Å². The minimum Gasteiger partial charge on any atom is -0.507 e. The number of hydrogen-bond acceptors (Lipinski definition) is 2. The molecule has 1 spiro atoms. The quantitative estimate of drug-likeness (QED) is 0.269. The maximum Gasteiger partial charge on any atom is 0.123 e. The molecule has 0 amide bonds. The van der Waals surface area contributed by atoms with E-state index in [1.807, 2.05) is 18.2 Å². The van der Waals surface area contributed by atoms with Crippen molar-refractivity contribution in [3.63, 3.8) is 0 Å². The van der Waals surface area contributed by atoms with E-state index >= 15 is 0 Å². The van der Waals surface area contributed by atoms with E-state index in [0.717, 1.165) is 22.1 Å². The first-order valence-corrected chi connectivity index (χ1v) is 11.6. The molecular formula is C32H20O2. The van der Waals surface area contributed by atoms with Gasteiger partial charge in [0.05, 0.1) is 12.5 Å². The summed E-state index contributed by atoms with van der Waals surface area (Å²) in [5, 5.41) is 18.4. The van der Waals surface area contributed by atoms with Crippen LogP contribution in [-0.2, 0) is 5.41 Å². The summed E-state index contributed by atoms with van der Waals surface area (Å²) in [7, 11) is 1.66. The summed E-state index contributed by atoms with van der Waals surface area (Å²) in [6.45, 7) is 0. The highest BCUT2D eigenvalue weighted by Gasteiger charge is 2.51. The SMILES string of the molecule is COc1ccc2c3c(cc(O)c2c1)C1(c2ccccc2-3)c2cccc3ccc4cccc1c4c23. The predicted octanol–water partition coefficient (Wildman–Crippen LogP) is 7.54. The van der Waals surface area contributed by atoms with Crippen LogP contribution in [0, 0.1) is 0 Å². The molecule has 8 rings (SSSR count). The summed E-state index contributed by atoms with van der Waals surface area (Å²) in [5.74, 6) is 1.03. The van der Waals surface area contributed by atoms with Gasteiger partial charge < -0.3 is 9.84 Å². The van der Waals surface area contributed by atoms with Crippen molar-refractivity contribution in [3.8, 4) is 22.6 Å². The Balaban J connectivity index is 1.64. The molecule has 0 heterocycles. The van der Waals surface area contributed by atoms with Gasteiger partial charge in [0.15, 0.2) is 0 Å². The van der Waals surface area contributed by atoms with E-state index in [-0.39, 0.29) is 5.75 Å². The minimum atomic E-state index is -0.458. The van der Waals surface area contributed by atoms with Gasteiger partial charge in [0.2, 0.25) is 0 Å². The van der Waals surface area contributed by atoms with E-state index in [4.69, 9.17) is 4.74 Å². The van der Waals surface area contributed by atoms with Gasteiger partial charge in [0, 0.05) is 5.39 Å². The second-order valence-corrected chi connectivity index (χ2v) is 9.40. The Bertz CT molecular complexity index is 1800. The fourth-order valence-electron chi connectivity index (χ4n) is 6.78. The molecule has 0 bridgehead atoms. The second kappa shape index (κ2) is 5.98. The maximum atomic E-state index is 11.3. The van der Waals surface area contributed by atoms with Gasteiger partial charge in [-0.25, -0.2) is 0 Å². The van der Waals surface area contributed by atoms with Crippen molar-refractivity contribution in [1.82, 2.24) is 0 Å². The topological polar surface area (TPSA) is 29.5 Å². The molecule has 0 radical (unpaired) electrons. The summed E-state index contributed by atoms with van der Waals surface area (Å²) in [6, 6.07) is 34.5. The maximum absolute atomic E-state index is 11.3. The van der Waals surface area contributed by atoms with Crippen LogP contribution in [0.2, 0.25) is 0 Å². The van der Waals surface area contributed by atoms with Crippen LogP contribution in [0.15, 0.2) is 97.1 Å². The Kier molecular flexibility index (Phi) is 3.19. The number of aromatic hydroxyl groups is 1. The largest absolute Gasteiger partial charge is 0.507 e. The lowest BCUT2D eigenvalue weighted by Crippen LogP contribution is -2.26. The van der Waals surface area contributed by atoms with Gasteiger partial charge in [-0.2, -0.15) is 0 Å². The summed E-state index contributed by atoms with van der Waals surface area (Å²) in [4.78, 5) is 0. The highest BCUT2D eigenvalue weighted by molar-refractivity contribution is 6.18. The summed E-state index contributed by atoms with van der Waals surface area (Å²) in [5.41, 5.74) is 7.01. The Hall–Kier alpha value is -4.30. The Morgan fingerprint density at radius 3 is 2.00 bits per heavy atom. The molecule has 0 unspecified atom stereocenters. The number of phenolic OH excluding ortho intramolecular Hbond substituents is 1. The highest BCUT2D eigenvalue weighted by Crippen LogP contribution is 2.64. The van der Waals surface area contributed by atoms with Crippen LogP contribution in [0.1, 0.15) is 22.3 Å². The van der Waals surface area contributed by atoms with Crippen LogP contribution in [0.4, 0.5) is 0 Å². The summed E-state index contributed by atoms with van der Waals surface area (Å²) < 4.78 is 5.47. The van der Waals surface area contributed by atoms with E-state index in [0.29, 0.717) is 0 Å². The third-order valence-corrected chi connectivity index (χ3v) is 8.02. The second-order valence-electron chi connectivity index (χ2n) is 9.40. The van der Waals surface area contributed by atoms with Crippen molar-refractivity contribution in [2.75, 3.05) is 7.11 Å². The fourth-order valence-corrected chi connectivity index (χ4v) is 6.78. The van der Waals surface area contributed by atoms with Crippen LogP contribution in [0.25, 0.3) is 43.4 Å². The number of rotatable bonds is 1.